The highest BCUT2D eigenvalue weighted by molar-refractivity contribution is 8.00. The van der Waals surface area contributed by atoms with Crippen molar-refractivity contribution in [3.05, 3.63) is 83.9 Å². The minimum Gasteiger partial charge on any atom is -0.495 e. The lowest BCUT2D eigenvalue weighted by Gasteiger charge is -2.17. The summed E-state index contributed by atoms with van der Waals surface area (Å²) in [5.41, 5.74) is 4.43. The minimum absolute atomic E-state index is 0.134. The van der Waals surface area contributed by atoms with Gasteiger partial charge in [0, 0.05) is 0 Å². The molecule has 1 unspecified atom stereocenters. The second kappa shape index (κ2) is 8.41. The van der Waals surface area contributed by atoms with Crippen LogP contribution >= 0.6 is 11.8 Å². The van der Waals surface area contributed by atoms with Gasteiger partial charge in [-0.1, -0.05) is 60.3 Å². The molecule has 0 aliphatic heterocycles. The standard InChI is InChI=1S/C23H21N3O2S/c1-15-12-13-20(28-2)19(14-15)24-22(27)21(16-8-4-3-5-9-16)29-23-25-17-10-6-7-11-18(17)26-23/h3-14,21H,1-2H3,(H,24,27)(H,25,26). The number of H-pyrrole nitrogens is 1. The molecule has 4 aromatic rings. The molecule has 1 amide bonds. The second-order valence-electron chi connectivity index (χ2n) is 6.66. The van der Waals surface area contributed by atoms with Crippen LogP contribution in [0.1, 0.15) is 16.4 Å². The van der Waals surface area contributed by atoms with Crippen molar-refractivity contribution in [1.82, 2.24) is 9.97 Å². The number of methoxy groups -OCH3 is 1. The number of aromatic amines is 1. The second-order valence-corrected chi connectivity index (χ2v) is 7.75. The predicted octanol–water partition coefficient (Wildman–Crippen LogP) is 5.35. The summed E-state index contributed by atoms with van der Waals surface area (Å²) in [6, 6.07) is 23.3. The summed E-state index contributed by atoms with van der Waals surface area (Å²) in [5.74, 6) is 0.495. The first-order valence-corrected chi connectivity index (χ1v) is 10.1. The zero-order valence-electron chi connectivity index (χ0n) is 16.2. The van der Waals surface area contributed by atoms with Crippen molar-refractivity contribution in [3.8, 4) is 5.75 Å². The number of anilines is 1. The zero-order chi connectivity index (χ0) is 20.2. The Hall–Kier alpha value is -3.25. The van der Waals surface area contributed by atoms with Crippen molar-refractivity contribution in [2.45, 2.75) is 17.3 Å². The summed E-state index contributed by atoms with van der Waals surface area (Å²) in [7, 11) is 1.60. The number of para-hydroxylation sites is 2. The first kappa shape index (κ1) is 19.1. The van der Waals surface area contributed by atoms with E-state index in [4.69, 9.17) is 4.74 Å². The Morgan fingerprint density at radius 1 is 1.07 bits per heavy atom. The molecule has 1 heterocycles. The number of ether oxygens (including phenoxy) is 1. The van der Waals surface area contributed by atoms with E-state index in [1.54, 1.807) is 7.11 Å². The number of thioether (sulfide) groups is 1. The molecule has 29 heavy (non-hydrogen) atoms. The van der Waals surface area contributed by atoms with Crippen LogP contribution in [0.3, 0.4) is 0 Å². The van der Waals surface area contributed by atoms with E-state index in [1.165, 1.54) is 11.8 Å². The number of imidazole rings is 1. The van der Waals surface area contributed by atoms with Crippen molar-refractivity contribution in [2.24, 2.45) is 0 Å². The lowest BCUT2D eigenvalue weighted by molar-refractivity contribution is -0.115. The number of benzene rings is 3. The Labute approximate surface area is 173 Å². The van der Waals surface area contributed by atoms with E-state index in [2.05, 4.69) is 15.3 Å². The fourth-order valence-electron chi connectivity index (χ4n) is 3.12. The summed E-state index contributed by atoms with van der Waals surface area (Å²) < 4.78 is 5.40. The van der Waals surface area contributed by atoms with E-state index in [1.807, 2.05) is 79.7 Å². The number of rotatable bonds is 6. The molecule has 0 saturated carbocycles. The number of fused-ring (bicyclic) bond motifs is 1. The van der Waals surface area contributed by atoms with Crippen LogP contribution in [0, 0.1) is 6.92 Å². The van der Waals surface area contributed by atoms with Gasteiger partial charge in [0.15, 0.2) is 5.16 Å². The third kappa shape index (κ3) is 4.27. The molecule has 0 bridgehead atoms. The first-order valence-electron chi connectivity index (χ1n) is 9.26. The van der Waals surface area contributed by atoms with Gasteiger partial charge in [0.1, 0.15) is 11.0 Å². The number of carbonyl (C=O) groups is 1. The molecule has 0 saturated heterocycles. The number of carbonyl (C=O) groups excluding carboxylic acids is 1. The average molecular weight is 404 g/mol. The van der Waals surface area contributed by atoms with Crippen LogP contribution in [-0.4, -0.2) is 23.0 Å². The van der Waals surface area contributed by atoms with Crippen molar-refractivity contribution in [1.29, 1.82) is 0 Å². The van der Waals surface area contributed by atoms with Crippen molar-refractivity contribution < 1.29 is 9.53 Å². The number of aryl methyl sites for hydroxylation is 1. The van der Waals surface area contributed by atoms with Crippen molar-refractivity contribution >= 4 is 34.4 Å². The molecular formula is C23H21N3O2S. The average Bonchev–Trinajstić information content (AvgIpc) is 3.15. The topological polar surface area (TPSA) is 67.0 Å². The molecule has 0 radical (unpaired) electrons. The van der Waals surface area contributed by atoms with Crippen LogP contribution in [-0.2, 0) is 4.79 Å². The maximum Gasteiger partial charge on any atom is 0.242 e. The monoisotopic (exact) mass is 403 g/mol. The van der Waals surface area contributed by atoms with Gasteiger partial charge >= 0.3 is 0 Å². The molecule has 6 heteroatoms. The summed E-state index contributed by atoms with van der Waals surface area (Å²) in [6.07, 6.45) is 0. The summed E-state index contributed by atoms with van der Waals surface area (Å²) in [6.45, 7) is 1.98. The van der Waals surface area contributed by atoms with Crippen LogP contribution < -0.4 is 10.1 Å². The number of hydrogen-bond acceptors (Lipinski definition) is 4. The van der Waals surface area contributed by atoms with Crippen LogP contribution in [0.2, 0.25) is 0 Å². The lowest BCUT2D eigenvalue weighted by Crippen LogP contribution is -2.19. The molecular weight excluding hydrogens is 382 g/mol. The van der Waals surface area contributed by atoms with E-state index < -0.39 is 5.25 Å². The SMILES string of the molecule is COc1ccc(C)cc1NC(=O)C(Sc1nc2ccccc2[nH]1)c1ccccc1. The van der Waals surface area contributed by atoms with Crippen LogP contribution in [0.25, 0.3) is 11.0 Å². The van der Waals surface area contributed by atoms with Crippen molar-refractivity contribution in [2.75, 3.05) is 12.4 Å². The van der Waals surface area contributed by atoms with E-state index in [9.17, 15) is 4.79 Å². The highest BCUT2D eigenvalue weighted by atomic mass is 32.2. The molecule has 4 rings (SSSR count). The maximum absolute atomic E-state index is 13.3. The molecule has 0 spiro atoms. The molecule has 1 aromatic heterocycles. The van der Waals surface area contributed by atoms with E-state index in [0.717, 1.165) is 22.2 Å². The Kier molecular flexibility index (Phi) is 5.53. The van der Waals surface area contributed by atoms with Gasteiger partial charge in [-0.3, -0.25) is 4.79 Å². The molecule has 146 valence electrons. The van der Waals surface area contributed by atoms with Gasteiger partial charge in [-0.05, 0) is 42.3 Å². The fourth-order valence-corrected chi connectivity index (χ4v) is 4.12. The predicted molar refractivity (Wildman–Crippen MR) is 117 cm³/mol. The highest BCUT2D eigenvalue weighted by Crippen LogP contribution is 2.36. The van der Waals surface area contributed by atoms with Gasteiger partial charge < -0.3 is 15.0 Å². The molecule has 0 aliphatic carbocycles. The highest BCUT2D eigenvalue weighted by Gasteiger charge is 2.24. The van der Waals surface area contributed by atoms with Gasteiger partial charge in [0.05, 0.1) is 23.8 Å². The van der Waals surface area contributed by atoms with E-state index in [-0.39, 0.29) is 5.91 Å². The van der Waals surface area contributed by atoms with Crippen LogP contribution in [0.5, 0.6) is 5.75 Å². The van der Waals surface area contributed by atoms with Crippen molar-refractivity contribution in [3.63, 3.8) is 0 Å². The molecule has 0 aliphatic rings. The number of amides is 1. The van der Waals surface area contributed by atoms with Gasteiger partial charge in [0.2, 0.25) is 5.91 Å². The Balaban J connectivity index is 1.65. The van der Waals surface area contributed by atoms with Gasteiger partial charge in [0.25, 0.3) is 0 Å². The number of aromatic nitrogens is 2. The first-order chi connectivity index (χ1) is 14.1. The third-order valence-corrected chi connectivity index (χ3v) is 5.69. The Morgan fingerprint density at radius 3 is 2.59 bits per heavy atom. The zero-order valence-corrected chi connectivity index (χ0v) is 17.0. The summed E-state index contributed by atoms with van der Waals surface area (Å²) >= 11 is 1.39. The minimum atomic E-state index is -0.470. The van der Waals surface area contributed by atoms with E-state index >= 15 is 0 Å². The van der Waals surface area contributed by atoms with Crippen LogP contribution in [0.4, 0.5) is 5.69 Å². The largest absolute Gasteiger partial charge is 0.495 e. The van der Waals surface area contributed by atoms with Gasteiger partial charge in [-0.2, -0.15) is 0 Å². The smallest absolute Gasteiger partial charge is 0.242 e. The third-order valence-electron chi connectivity index (χ3n) is 4.55. The normalized spacial score (nSPS) is 11.9. The van der Waals surface area contributed by atoms with Gasteiger partial charge in [-0.25, -0.2) is 4.98 Å². The Morgan fingerprint density at radius 2 is 1.83 bits per heavy atom. The van der Waals surface area contributed by atoms with E-state index in [0.29, 0.717) is 16.6 Å². The summed E-state index contributed by atoms with van der Waals surface area (Å²) in [5, 5.41) is 3.26. The quantitative estimate of drug-likeness (QED) is 0.426. The molecule has 0 fully saturated rings. The molecule has 1 atom stereocenters. The number of nitrogens with one attached hydrogen (secondary N) is 2. The maximum atomic E-state index is 13.3. The fraction of sp³-hybridized carbons (Fsp3) is 0.130. The van der Waals surface area contributed by atoms with Crippen LogP contribution in [0.15, 0.2) is 78.0 Å². The summed E-state index contributed by atoms with van der Waals surface area (Å²) in [4.78, 5) is 21.2. The lowest BCUT2D eigenvalue weighted by atomic mass is 10.1. The number of nitrogens with zero attached hydrogens (tertiary/aromatic N) is 1. The number of hydrogen-bond donors (Lipinski definition) is 2. The molecule has 3 aromatic carbocycles. The molecule has 5 nitrogen and oxygen atoms in total. The van der Waals surface area contributed by atoms with Gasteiger partial charge in [-0.15, -0.1) is 0 Å². The Bertz CT molecular complexity index is 1110. The molecule has 2 N–H and O–H groups in total.